The third kappa shape index (κ3) is 5.91. The summed E-state index contributed by atoms with van der Waals surface area (Å²) in [6.45, 7) is 0.880. The van der Waals surface area contributed by atoms with E-state index in [0.29, 0.717) is 25.9 Å². The molecule has 1 N–H and O–H groups in total. The zero-order valence-electron chi connectivity index (χ0n) is 16.4. The number of likely N-dealkylation sites (tertiary alicyclic amines) is 1. The lowest BCUT2D eigenvalue weighted by Crippen LogP contribution is -2.48. The molecule has 1 atom stereocenters. The van der Waals surface area contributed by atoms with Gasteiger partial charge in [0.25, 0.3) is 0 Å². The van der Waals surface area contributed by atoms with Gasteiger partial charge in [-0.3, -0.25) is 14.4 Å². The lowest BCUT2D eigenvalue weighted by atomic mass is 9.95. The number of benzene rings is 2. The van der Waals surface area contributed by atoms with Crippen molar-refractivity contribution < 1.29 is 19.5 Å². The number of amides is 2. The maximum atomic E-state index is 13.1. The van der Waals surface area contributed by atoms with E-state index in [1.165, 1.54) is 4.90 Å². The molecule has 29 heavy (non-hydrogen) atoms. The zero-order chi connectivity index (χ0) is 20.6. The molecular formula is C23H26N2O4. The van der Waals surface area contributed by atoms with Gasteiger partial charge in [0.2, 0.25) is 11.8 Å². The lowest BCUT2D eigenvalue weighted by Gasteiger charge is -2.34. The first-order valence-corrected chi connectivity index (χ1v) is 9.89. The fraction of sp³-hybridized carbons (Fsp3) is 0.348. The van der Waals surface area contributed by atoms with Crippen LogP contribution in [0.5, 0.6) is 0 Å². The summed E-state index contributed by atoms with van der Waals surface area (Å²) in [6.07, 6.45) is 1.71. The first-order valence-electron chi connectivity index (χ1n) is 9.89. The van der Waals surface area contributed by atoms with Crippen molar-refractivity contribution in [1.29, 1.82) is 0 Å². The number of carboxylic acid groups (broad SMARTS) is 1. The highest BCUT2D eigenvalue weighted by Gasteiger charge is 2.32. The molecule has 1 aliphatic rings. The minimum atomic E-state index is -1.04. The minimum Gasteiger partial charge on any atom is -0.480 e. The predicted molar refractivity (Wildman–Crippen MR) is 109 cm³/mol. The second-order valence-electron chi connectivity index (χ2n) is 7.41. The van der Waals surface area contributed by atoms with Gasteiger partial charge in [-0.2, -0.15) is 0 Å². The highest BCUT2D eigenvalue weighted by molar-refractivity contribution is 5.85. The fourth-order valence-corrected chi connectivity index (χ4v) is 3.72. The average Bonchev–Trinajstić information content (AvgIpc) is 2.74. The van der Waals surface area contributed by atoms with Gasteiger partial charge in [-0.25, -0.2) is 0 Å². The van der Waals surface area contributed by atoms with Crippen LogP contribution in [0.1, 0.15) is 24.0 Å². The van der Waals surface area contributed by atoms with E-state index in [1.807, 2.05) is 60.7 Å². The Balaban J connectivity index is 1.65. The van der Waals surface area contributed by atoms with Gasteiger partial charge in [0.1, 0.15) is 6.54 Å². The first-order chi connectivity index (χ1) is 14.0. The van der Waals surface area contributed by atoms with Crippen molar-refractivity contribution in [3.05, 3.63) is 71.8 Å². The van der Waals surface area contributed by atoms with Crippen LogP contribution >= 0.6 is 0 Å². The third-order valence-electron chi connectivity index (χ3n) is 5.18. The number of hydrogen-bond donors (Lipinski definition) is 1. The Morgan fingerprint density at radius 3 is 2.21 bits per heavy atom. The smallest absolute Gasteiger partial charge is 0.323 e. The Labute approximate surface area is 170 Å². The molecule has 2 aromatic carbocycles. The van der Waals surface area contributed by atoms with Crippen LogP contribution in [0.25, 0.3) is 0 Å². The Morgan fingerprint density at radius 2 is 1.59 bits per heavy atom. The maximum absolute atomic E-state index is 13.1. The SMILES string of the molecule is O=C(O)CN(Cc1ccccc1)C(=O)C1CCCN(C(=O)Cc2ccccc2)C1. The quantitative estimate of drug-likeness (QED) is 0.783. The van der Waals surface area contributed by atoms with E-state index in [1.54, 1.807) is 4.90 Å². The monoisotopic (exact) mass is 394 g/mol. The molecule has 6 nitrogen and oxygen atoms in total. The van der Waals surface area contributed by atoms with Crippen LogP contribution in [-0.4, -0.2) is 52.3 Å². The Morgan fingerprint density at radius 1 is 0.966 bits per heavy atom. The van der Waals surface area contributed by atoms with E-state index in [4.69, 9.17) is 0 Å². The van der Waals surface area contributed by atoms with Crippen LogP contribution in [0.3, 0.4) is 0 Å². The lowest BCUT2D eigenvalue weighted by molar-refractivity contribution is -0.148. The van der Waals surface area contributed by atoms with E-state index in [-0.39, 0.29) is 30.8 Å². The number of carboxylic acids is 1. The molecule has 2 amide bonds. The molecular weight excluding hydrogens is 368 g/mol. The van der Waals surface area contributed by atoms with Gasteiger partial charge < -0.3 is 14.9 Å². The van der Waals surface area contributed by atoms with Gasteiger partial charge in [-0.1, -0.05) is 60.7 Å². The largest absolute Gasteiger partial charge is 0.480 e. The van der Waals surface area contributed by atoms with Crippen LogP contribution < -0.4 is 0 Å². The Kier molecular flexibility index (Phi) is 7.00. The van der Waals surface area contributed by atoms with Gasteiger partial charge in [0, 0.05) is 19.6 Å². The van der Waals surface area contributed by atoms with Gasteiger partial charge in [-0.05, 0) is 24.0 Å². The Bertz CT molecular complexity index is 838. The molecule has 1 unspecified atom stereocenters. The second-order valence-corrected chi connectivity index (χ2v) is 7.41. The summed E-state index contributed by atoms with van der Waals surface area (Å²) in [5.74, 6) is -1.61. The van der Waals surface area contributed by atoms with E-state index in [9.17, 15) is 19.5 Å². The Hall–Kier alpha value is -3.15. The van der Waals surface area contributed by atoms with Crippen LogP contribution in [-0.2, 0) is 27.3 Å². The molecule has 0 spiro atoms. The zero-order valence-corrected chi connectivity index (χ0v) is 16.4. The van der Waals surface area contributed by atoms with Crippen molar-refractivity contribution in [1.82, 2.24) is 9.80 Å². The molecule has 3 rings (SSSR count). The number of carbonyl (C=O) groups excluding carboxylic acids is 2. The molecule has 1 saturated heterocycles. The first kappa shape index (κ1) is 20.6. The molecule has 1 heterocycles. The maximum Gasteiger partial charge on any atom is 0.323 e. The van der Waals surface area contributed by atoms with Crippen molar-refractivity contribution in [3.8, 4) is 0 Å². The van der Waals surface area contributed by atoms with Crippen molar-refractivity contribution in [2.75, 3.05) is 19.6 Å². The molecule has 152 valence electrons. The third-order valence-corrected chi connectivity index (χ3v) is 5.18. The summed E-state index contributed by atoms with van der Waals surface area (Å²) in [7, 11) is 0. The van der Waals surface area contributed by atoms with Crippen LogP contribution in [0.15, 0.2) is 60.7 Å². The molecule has 0 bridgehead atoms. The predicted octanol–water partition coefficient (Wildman–Crippen LogP) is 2.58. The molecule has 1 fully saturated rings. The van der Waals surface area contributed by atoms with E-state index in [0.717, 1.165) is 17.5 Å². The average molecular weight is 394 g/mol. The standard InChI is InChI=1S/C23H26N2O4/c26-21(14-18-8-3-1-4-9-18)24-13-7-12-20(16-24)23(29)25(17-22(27)28)15-19-10-5-2-6-11-19/h1-6,8-11,20H,7,12-17H2,(H,27,28). The molecule has 2 aromatic rings. The molecule has 0 radical (unpaired) electrons. The van der Waals surface area contributed by atoms with E-state index >= 15 is 0 Å². The summed E-state index contributed by atoms with van der Waals surface area (Å²) in [5, 5.41) is 9.26. The minimum absolute atomic E-state index is 0.00143. The molecule has 0 aromatic heterocycles. The number of carbonyl (C=O) groups is 3. The number of nitrogens with zero attached hydrogens (tertiary/aromatic N) is 2. The van der Waals surface area contributed by atoms with Crippen molar-refractivity contribution >= 4 is 17.8 Å². The normalized spacial score (nSPS) is 16.3. The van der Waals surface area contributed by atoms with Gasteiger partial charge in [0.15, 0.2) is 0 Å². The van der Waals surface area contributed by atoms with Crippen LogP contribution in [0.2, 0.25) is 0 Å². The number of piperidine rings is 1. The summed E-state index contributed by atoms with van der Waals surface area (Å²) >= 11 is 0. The second kappa shape index (κ2) is 9.87. The molecule has 0 aliphatic carbocycles. The number of aliphatic carboxylic acids is 1. The topological polar surface area (TPSA) is 77.9 Å². The van der Waals surface area contributed by atoms with Crippen molar-refractivity contribution in [3.63, 3.8) is 0 Å². The number of rotatable bonds is 7. The summed E-state index contributed by atoms with van der Waals surface area (Å²) in [4.78, 5) is 40.2. The van der Waals surface area contributed by atoms with E-state index < -0.39 is 5.97 Å². The summed E-state index contributed by atoms with van der Waals surface area (Å²) in [5.41, 5.74) is 1.83. The van der Waals surface area contributed by atoms with Crippen LogP contribution in [0, 0.1) is 5.92 Å². The van der Waals surface area contributed by atoms with Gasteiger partial charge >= 0.3 is 5.97 Å². The highest BCUT2D eigenvalue weighted by atomic mass is 16.4. The molecule has 0 saturated carbocycles. The van der Waals surface area contributed by atoms with Gasteiger partial charge in [0.05, 0.1) is 12.3 Å². The molecule has 1 aliphatic heterocycles. The molecule has 6 heteroatoms. The van der Waals surface area contributed by atoms with Crippen molar-refractivity contribution in [2.24, 2.45) is 5.92 Å². The van der Waals surface area contributed by atoms with Crippen molar-refractivity contribution in [2.45, 2.75) is 25.8 Å². The van der Waals surface area contributed by atoms with Crippen LogP contribution in [0.4, 0.5) is 0 Å². The summed E-state index contributed by atoms with van der Waals surface area (Å²) in [6, 6.07) is 18.9. The number of hydrogen-bond acceptors (Lipinski definition) is 3. The van der Waals surface area contributed by atoms with E-state index in [2.05, 4.69) is 0 Å². The fourth-order valence-electron chi connectivity index (χ4n) is 3.72. The summed E-state index contributed by atoms with van der Waals surface area (Å²) < 4.78 is 0. The van der Waals surface area contributed by atoms with Gasteiger partial charge in [-0.15, -0.1) is 0 Å². The highest BCUT2D eigenvalue weighted by Crippen LogP contribution is 2.21.